The Morgan fingerprint density at radius 1 is 0.929 bits per heavy atom. The zero-order valence-corrected chi connectivity index (χ0v) is 17.4. The van der Waals surface area contributed by atoms with Gasteiger partial charge in [-0.2, -0.15) is 0 Å². The SMILES string of the molecule is CC(C)(C)[C@@H](NCCCN)c1cc(-c2ccccc2)cn1Cc1ccccc1. The Labute approximate surface area is 169 Å². The van der Waals surface area contributed by atoms with Crippen LogP contribution in [0.15, 0.2) is 72.9 Å². The molecule has 0 saturated heterocycles. The maximum Gasteiger partial charge on any atom is 0.0524 e. The third-order valence-corrected chi connectivity index (χ3v) is 5.12. The van der Waals surface area contributed by atoms with E-state index in [-0.39, 0.29) is 11.5 Å². The van der Waals surface area contributed by atoms with Crippen molar-refractivity contribution >= 4 is 0 Å². The van der Waals surface area contributed by atoms with Gasteiger partial charge in [-0.15, -0.1) is 0 Å². The van der Waals surface area contributed by atoms with Crippen LogP contribution in [0.2, 0.25) is 0 Å². The van der Waals surface area contributed by atoms with Gasteiger partial charge >= 0.3 is 0 Å². The quantitative estimate of drug-likeness (QED) is 0.530. The van der Waals surface area contributed by atoms with E-state index in [1.807, 2.05) is 0 Å². The Morgan fingerprint density at radius 3 is 2.18 bits per heavy atom. The predicted octanol–water partition coefficient (Wildman–Crippen LogP) is 5.23. The summed E-state index contributed by atoms with van der Waals surface area (Å²) in [7, 11) is 0. The fourth-order valence-corrected chi connectivity index (χ4v) is 3.68. The van der Waals surface area contributed by atoms with Gasteiger partial charge in [-0.1, -0.05) is 81.4 Å². The molecule has 3 rings (SSSR count). The van der Waals surface area contributed by atoms with Crippen molar-refractivity contribution in [2.75, 3.05) is 13.1 Å². The van der Waals surface area contributed by atoms with Gasteiger partial charge < -0.3 is 15.6 Å². The molecule has 0 amide bonds. The van der Waals surface area contributed by atoms with Gasteiger partial charge in [0.25, 0.3) is 0 Å². The lowest BCUT2D eigenvalue weighted by atomic mass is 9.84. The normalized spacial score (nSPS) is 12.9. The van der Waals surface area contributed by atoms with E-state index >= 15 is 0 Å². The fourth-order valence-electron chi connectivity index (χ4n) is 3.68. The van der Waals surface area contributed by atoms with Gasteiger partial charge in [-0.25, -0.2) is 0 Å². The molecule has 0 aliphatic rings. The van der Waals surface area contributed by atoms with E-state index in [1.54, 1.807) is 0 Å². The lowest BCUT2D eigenvalue weighted by molar-refractivity contribution is 0.262. The van der Waals surface area contributed by atoms with Crippen LogP contribution in [0.1, 0.15) is 44.5 Å². The number of nitrogens with zero attached hydrogens (tertiary/aromatic N) is 1. The van der Waals surface area contributed by atoms with E-state index in [0.717, 1.165) is 19.5 Å². The summed E-state index contributed by atoms with van der Waals surface area (Å²) in [5.74, 6) is 0. The molecule has 0 spiro atoms. The summed E-state index contributed by atoms with van der Waals surface area (Å²) in [5, 5.41) is 3.77. The third-order valence-electron chi connectivity index (χ3n) is 5.12. The van der Waals surface area contributed by atoms with Gasteiger partial charge in [-0.05, 0) is 47.7 Å². The van der Waals surface area contributed by atoms with Crippen LogP contribution in [0.25, 0.3) is 11.1 Å². The monoisotopic (exact) mass is 375 g/mol. The minimum Gasteiger partial charge on any atom is -0.345 e. The number of rotatable bonds is 8. The number of aromatic nitrogens is 1. The Bertz CT molecular complexity index is 845. The zero-order valence-electron chi connectivity index (χ0n) is 17.4. The number of nitrogens with one attached hydrogen (secondary N) is 1. The molecule has 0 unspecified atom stereocenters. The smallest absolute Gasteiger partial charge is 0.0524 e. The molecular weight excluding hydrogens is 342 g/mol. The largest absolute Gasteiger partial charge is 0.345 e. The van der Waals surface area contributed by atoms with Crippen LogP contribution in [0.4, 0.5) is 0 Å². The second kappa shape index (κ2) is 9.22. The topological polar surface area (TPSA) is 43.0 Å². The molecule has 0 aliphatic heterocycles. The number of nitrogens with two attached hydrogens (primary N) is 1. The molecule has 2 aromatic carbocycles. The minimum atomic E-state index is 0.0926. The number of hydrogen-bond donors (Lipinski definition) is 2. The van der Waals surface area contributed by atoms with Crippen molar-refractivity contribution in [1.82, 2.24) is 9.88 Å². The predicted molar refractivity (Wildman–Crippen MR) is 119 cm³/mol. The van der Waals surface area contributed by atoms with Crippen LogP contribution in [0.5, 0.6) is 0 Å². The first-order chi connectivity index (χ1) is 13.5. The Morgan fingerprint density at radius 2 is 1.57 bits per heavy atom. The van der Waals surface area contributed by atoms with E-state index in [1.165, 1.54) is 22.4 Å². The summed E-state index contributed by atoms with van der Waals surface area (Å²) in [6.07, 6.45) is 3.28. The minimum absolute atomic E-state index is 0.0926. The zero-order chi connectivity index (χ0) is 20.0. The Kier molecular flexibility index (Phi) is 6.71. The molecule has 28 heavy (non-hydrogen) atoms. The summed E-state index contributed by atoms with van der Waals surface area (Å²) in [6.45, 7) is 9.41. The van der Waals surface area contributed by atoms with Gasteiger partial charge in [0, 0.05) is 18.4 Å². The van der Waals surface area contributed by atoms with Gasteiger partial charge in [0.2, 0.25) is 0 Å². The second-order valence-electron chi connectivity index (χ2n) is 8.53. The van der Waals surface area contributed by atoms with E-state index in [4.69, 9.17) is 5.73 Å². The summed E-state index contributed by atoms with van der Waals surface area (Å²) in [6, 6.07) is 23.9. The maximum absolute atomic E-state index is 5.73. The first-order valence-corrected chi connectivity index (χ1v) is 10.2. The summed E-state index contributed by atoms with van der Waals surface area (Å²) >= 11 is 0. The van der Waals surface area contributed by atoms with Crippen molar-refractivity contribution in [3.63, 3.8) is 0 Å². The first-order valence-electron chi connectivity index (χ1n) is 10.2. The maximum atomic E-state index is 5.73. The van der Waals surface area contributed by atoms with Crippen molar-refractivity contribution in [2.24, 2.45) is 11.1 Å². The average Bonchev–Trinajstić information content (AvgIpc) is 3.09. The van der Waals surface area contributed by atoms with Crippen molar-refractivity contribution in [2.45, 2.75) is 39.8 Å². The lowest BCUT2D eigenvalue weighted by Gasteiger charge is -2.33. The molecule has 3 N–H and O–H groups in total. The van der Waals surface area contributed by atoms with Crippen LogP contribution in [-0.2, 0) is 6.54 Å². The van der Waals surface area contributed by atoms with E-state index in [2.05, 4.69) is 104 Å². The van der Waals surface area contributed by atoms with Crippen LogP contribution in [-0.4, -0.2) is 17.7 Å². The van der Waals surface area contributed by atoms with Gasteiger partial charge in [-0.3, -0.25) is 0 Å². The van der Waals surface area contributed by atoms with E-state index < -0.39 is 0 Å². The van der Waals surface area contributed by atoms with Crippen molar-refractivity contribution in [1.29, 1.82) is 0 Å². The van der Waals surface area contributed by atoms with Crippen LogP contribution in [0, 0.1) is 5.41 Å². The highest BCUT2D eigenvalue weighted by Crippen LogP contribution is 2.36. The Balaban J connectivity index is 2.01. The molecule has 0 bridgehead atoms. The number of benzene rings is 2. The molecule has 3 nitrogen and oxygen atoms in total. The Hall–Kier alpha value is -2.36. The molecule has 3 heteroatoms. The highest BCUT2D eigenvalue weighted by atomic mass is 15.0. The lowest BCUT2D eigenvalue weighted by Crippen LogP contribution is -2.35. The van der Waals surface area contributed by atoms with Crippen LogP contribution >= 0.6 is 0 Å². The van der Waals surface area contributed by atoms with Crippen LogP contribution < -0.4 is 11.1 Å². The highest BCUT2D eigenvalue weighted by Gasteiger charge is 2.29. The first kappa shape index (κ1) is 20.4. The molecule has 0 radical (unpaired) electrons. The molecule has 0 fully saturated rings. The standard InChI is InChI=1S/C25H33N3/c1-25(2,3)24(27-16-10-15-26)23-17-22(21-13-8-5-9-14-21)19-28(23)18-20-11-6-4-7-12-20/h4-9,11-14,17,19,24,27H,10,15-16,18,26H2,1-3H3/t24-/m0/s1. The van der Waals surface area contributed by atoms with Gasteiger partial charge in [0.1, 0.15) is 0 Å². The number of hydrogen-bond acceptors (Lipinski definition) is 2. The molecule has 3 aromatic rings. The second-order valence-corrected chi connectivity index (χ2v) is 8.53. The molecule has 148 valence electrons. The summed E-state index contributed by atoms with van der Waals surface area (Å²) in [5.41, 5.74) is 11.0. The molecule has 1 aromatic heterocycles. The molecule has 1 heterocycles. The van der Waals surface area contributed by atoms with E-state index in [0.29, 0.717) is 6.54 Å². The third kappa shape index (κ3) is 5.12. The van der Waals surface area contributed by atoms with E-state index in [9.17, 15) is 0 Å². The van der Waals surface area contributed by atoms with Crippen molar-refractivity contribution in [3.05, 3.63) is 84.2 Å². The summed E-state index contributed by atoms with van der Waals surface area (Å²) in [4.78, 5) is 0. The molecular formula is C25H33N3. The van der Waals surface area contributed by atoms with Crippen molar-refractivity contribution in [3.8, 4) is 11.1 Å². The van der Waals surface area contributed by atoms with Crippen molar-refractivity contribution < 1.29 is 0 Å². The fraction of sp³-hybridized carbons (Fsp3) is 0.360. The van der Waals surface area contributed by atoms with Crippen LogP contribution in [0.3, 0.4) is 0 Å². The van der Waals surface area contributed by atoms with Gasteiger partial charge in [0.05, 0.1) is 6.04 Å². The highest BCUT2D eigenvalue weighted by molar-refractivity contribution is 5.64. The average molecular weight is 376 g/mol. The molecule has 0 aliphatic carbocycles. The molecule has 1 atom stereocenters. The molecule has 0 saturated carbocycles. The summed E-state index contributed by atoms with van der Waals surface area (Å²) < 4.78 is 2.41. The van der Waals surface area contributed by atoms with Gasteiger partial charge in [0.15, 0.2) is 0 Å².